The molecule has 0 amide bonds. The first-order valence-electron chi connectivity index (χ1n) is 7.07. The summed E-state index contributed by atoms with van der Waals surface area (Å²) in [5.74, 6) is 0.527. The molecule has 4 heteroatoms. The van der Waals surface area contributed by atoms with Crippen molar-refractivity contribution in [2.75, 3.05) is 5.73 Å². The Morgan fingerprint density at radius 1 is 1.14 bits per heavy atom. The number of benzene rings is 1. The molecule has 21 heavy (non-hydrogen) atoms. The predicted molar refractivity (Wildman–Crippen MR) is 87.1 cm³/mol. The van der Waals surface area contributed by atoms with E-state index in [1.165, 1.54) is 11.9 Å². The van der Waals surface area contributed by atoms with Gasteiger partial charge in [0, 0.05) is 17.3 Å². The minimum atomic E-state index is -0.0683. The van der Waals surface area contributed by atoms with Crippen LogP contribution in [-0.2, 0) is 5.54 Å². The van der Waals surface area contributed by atoms with Gasteiger partial charge >= 0.3 is 0 Å². The standard InChI is InChI=1S/C17H20N4/c1-11-6-5-7-12(8-11)13-9-21(17(2,3)4)16-14(13)15(18)19-10-20-16/h5-10H,1-4H3,(H2,18,19,20). The summed E-state index contributed by atoms with van der Waals surface area (Å²) < 4.78 is 2.16. The number of hydrogen-bond acceptors (Lipinski definition) is 3. The second-order valence-electron chi connectivity index (χ2n) is 6.41. The molecule has 0 unspecified atom stereocenters. The fourth-order valence-electron chi connectivity index (χ4n) is 2.63. The van der Waals surface area contributed by atoms with Gasteiger partial charge in [-0.25, -0.2) is 9.97 Å². The minimum Gasteiger partial charge on any atom is -0.383 e. The van der Waals surface area contributed by atoms with Gasteiger partial charge in [0.25, 0.3) is 0 Å². The highest BCUT2D eigenvalue weighted by molar-refractivity contribution is 6.00. The molecule has 2 N–H and O–H groups in total. The number of aryl methyl sites for hydroxylation is 1. The lowest BCUT2D eigenvalue weighted by Gasteiger charge is -2.21. The fraction of sp³-hybridized carbons (Fsp3) is 0.294. The molecule has 1 aromatic carbocycles. The van der Waals surface area contributed by atoms with Crippen LogP contribution < -0.4 is 5.73 Å². The van der Waals surface area contributed by atoms with E-state index in [4.69, 9.17) is 5.73 Å². The lowest BCUT2D eigenvalue weighted by atomic mass is 10.0. The molecule has 0 aliphatic heterocycles. The van der Waals surface area contributed by atoms with Crippen LogP contribution in [-0.4, -0.2) is 14.5 Å². The largest absolute Gasteiger partial charge is 0.383 e. The van der Waals surface area contributed by atoms with E-state index in [2.05, 4.69) is 72.7 Å². The van der Waals surface area contributed by atoms with Gasteiger partial charge in [0.2, 0.25) is 0 Å². The maximum absolute atomic E-state index is 6.12. The van der Waals surface area contributed by atoms with E-state index in [9.17, 15) is 0 Å². The van der Waals surface area contributed by atoms with Crippen molar-refractivity contribution in [2.45, 2.75) is 33.2 Å². The van der Waals surface area contributed by atoms with E-state index in [1.807, 2.05) is 0 Å². The van der Waals surface area contributed by atoms with E-state index in [0.29, 0.717) is 5.82 Å². The quantitative estimate of drug-likeness (QED) is 0.738. The molecule has 0 aliphatic carbocycles. The monoisotopic (exact) mass is 280 g/mol. The van der Waals surface area contributed by atoms with Crippen molar-refractivity contribution in [1.82, 2.24) is 14.5 Å². The van der Waals surface area contributed by atoms with Gasteiger partial charge in [0.05, 0.1) is 5.39 Å². The topological polar surface area (TPSA) is 56.7 Å². The van der Waals surface area contributed by atoms with Crippen LogP contribution in [0.4, 0.5) is 5.82 Å². The number of nitrogens with zero attached hydrogens (tertiary/aromatic N) is 3. The van der Waals surface area contributed by atoms with Gasteiger partial charge < -0.3 is 10.3 Å². The number of aromatic nitrogens is 3. The summed E-state index contributed by atoms with van der Waals surface area (Å²) >= 11 is 0. The van der Waals surface area contributed by atoms with Gasteiger partial charge in [-0.15, -0.1) is 0 Å². The number of nitrogens with two attached hydrogens (primary N) is 1. The highest BCUT2D eigenvalue weighted by Crippen LogP contribution is 2.35. The normalized spacial score (nSPS) is 12.0. The average Bonchev–Trinajstić information content (AvgIpc) is 2.79. The van der Waals surface area contributed by atoms with Gasteiger partial charge in [-0.1, -0.05) is 29.8 Å². The van der Waals surface area contributed by atoms with Crippen molar-refractivity contribution < 1.29 is 0 Å². The molecule has 2 aromatic heterocycles. The van der Waals surface area contributed by atoms with Crippen molar-refractivity contribution in [3.05, 3.63) is 42.4 Å². The summed E-state index contributed by atoms with van der Waals surface area (Å²) in [6.45, 7) is 8.56. The van der Waals surface area contributed by atoms with Gasteiger partial charge in [0.1, 0.15) is 17.8 Å². The smallest absolute Gasteiger partial charge is 0.146 e. The Morgan fingerprint density at radius 2 is 1.90 bits per heavy atom. The van der Waals surface area contributed by atoms with Crippen molar-refractivity contribution in [3.8, 4) is 11.1 Å². The molecule has 2 heterocycles. The molecule has 0 aliphatic rings. The van der Waals surface area contributed by atoms with Crippen LogP contribution in [0, 0.1) is 6.92 Å². The predicted octanol–water partition coefficient (Wildman–Crippen LogP) is 3.74. The number of hydrogen-bond donors (Lipinski definition) is 1. The highest BCUT2D eigenvalue weighted by atomic mass is 15.1. The Labute approximate surface area is 124 Å². The summed E-state index contributed by atoms with van der Waals surface area (Å²) in [5, 5.41) is 0.929. The highest BCUT2D eigenvalue weighted by Gasteiger charge is 2.21. The molecule has 3 rings (SSSR count). The van der Waals surface area contributed by atoms with Crippen LogP contribution in [0.15, 0.2) is 36.8 Å². The third-order valence-corrected chi connectivity index (χ3v) is 3.66. The van der Waals surface area contributed by atoms with Crippen LogP contribution >= 0.6 is 0 Å². The summed E-state index contributed by atoms with van der Waals surface area (Å²) in [5.41, 5.74) is 10.4. The second kappa shape index (κ2) is 4.58. The summed E-state index contributed by atoms with van der Waals surface area (Å²) in [6.07, 6.45) is 3.66. The number of rotatable bonds is 1. The molecule has 108 valence electrons. The van der Waals surface area contributed by atoms with E-state index >= 15 is 0 Å². The molecule has 0 spiro atoms. The second-order valence-corrected chi connectivity index (χ2v) is 6.41. The van der Waals surface area contributed by atoms with Crippen molar-refractivity contribution >= 4 is 16.9 Å². The SMILES string of the molecule is Cc1cccc(-c2cn(C(C)(C)C)c3ncnc(N)c23)c1. The molecule has 3 aromatic rings. The minimum absolute atomic E-state index is 0.0683. The zero-order chi connectivity index (χ0) is 15.2. The molecule has 4 nitrogen and oxygen atoms in total. The number of fused-ring (bicyclic) bond motifs is 1. The van der Waals surface area contributed by atoms with Gasteiger partial charge in [0.15, 0.2) is 0 Å². The average molecular weight is 280 g/mol. The maximum Gasteiger partial charge on any atom is 0.146 e. The van der Waals surface area contributed by atoms with Crippen LogP contribution in [0.2, 0.25) is 0 Å². The molecule has 0 saturated heterocycles. The molecule has 0 radical (unpaired) electrons. The Kier molecular flexibility index (Phi) is 2.97. The molecular weight excluding hydrogens is 260 g/mol. The van der Waals surface area contributed by atoms with Crippen molar-refractivity contribution in [3.63, 3.8) is 0 Å². The first-order valence-corrected chi connectivity index (χ1v) is 7.07. The third-order valence-electron chi connectivity index (χ3n) is 3.66. The first kappa shape index (κ1) is 13.6. The molecule has 0 bridgehead atoms. The van der Waals surface area contributed by atoms with Gasteiger partial charge in [-0.3, -0.25) is 0 Å². The third kappa shape index (κ3) is 2.27. The van der Waals surface area contributed by atoms with Crippen molar-refractivity contribution in [1.29, 1.82) is 0 Å². The van der Waals surface area contributed by atoms with Crippen LogP contribution in [0.25, 0.3) is 22.2 Å². The number of nitrogen functional groups attached to an aromatic ring is 1. The van der Waals surface area contributed by atoms with Gasteiger partial charge in [-0.2, -0.15) is 0 Å². The Hall–Kier alpha value is -2.36. The fourth-order valence-corrected chi connectivity index (χ4v) is 2.63. The van der Waals surface area contributed by atoms with Crippen LogP contribution in [0.5, 0.6) is 0 Å². The summed E-state index contributed by atoms with van der Waals surface area (Å²) in [6, 6.07) is 8.41. The van der Waals surface area contributed by atoms with Crippen LogP contribution in [0.3, 0.4) is 0 Å². The lowest BCUT2D eigenvalue weighted by molar-refractivity contribution is 0.408. The number of anilines is 1. The Morgan fingerprint density at radius 3 is 2.57 bits per heavy atom. The van der Waals surface area contributed by atoms with E-state index in [1.54, 1.807) is 0 Å². The summed E-state index contributed by atoms with van der Waals surface area (Å²) in [7, 11) is 0. The Balaban J connectivity index is 2.38. The first-order chi connectivity index (χ1) is 9.88. The zero-order valence-corrected chi connectivity index (χ0v) is 12.9. The van der Waals surface area contributed by atoms with E-state index < -0.39 is 0 Å². The maximum atomic E-state index is 6.12. The molecule has 0 fully saturated rings. The molecule has 0 atom stereocenters. The van der Waals surface area contributed by atoms with E-state index in [-0.39, 0.29) is 5.54 Å². The molecule has 0 saturated carbocycles. The van der Waals surface area contributed by atoms with Gasteiger partial charge in [-0.05, 0) is 33.3 Å². The lowest BCUT2D eigenvalue weighted by Crippen LogP contribution is -2.21. The van der Waals surface area contributed by atoms with Crippen molar-refractivity contribution in [2.24, 2.45) is 0 Å². The summed E-state index contributed by atoms with van der Waals surface area (Å²) in [4.78, 5) is 8.61. The molecular formula is C17H20N4. The Bertz CT molecular complexity index is 809. The van der Waals surface area contributed by atoms with E-state index in [0.717, 1.165) is 22.2 Å². The zero-order valence-electron chi connectivity index (χ0n) is 12.9. The van der Waals surface area contributed by atoms with Crippen LogP contribution in [0.1, 0.15) is 26.3 Å².